The number of aromatic nitrogens is 1. The molecule has 4 rings (SSSR count). The lowest BCUT2D eigenvalue weighted by atomic mass is 10.2. The van der Waals surface area contributed by atoms with Crippen LogP contribution in [-0.2, 0) is 16.1 Å². The fraction of sp³-hybridized carbons (Fsp3) is 0.316. The number of rotatable bonds is 4. The first kappa shape index (κ1) is 18.6. The lowest BCUT2D eigenvalue weighted by Gasteiger charge is -2.35. The van der Waals surface area contributed by atoms with Crippen LogP contribution in [-0.4, -0.2) is 58.8 Å². The van der Waals surface area contributed by atoms with Gasteiger partial charge in [0.05, 0.1) is 12.2 Å². The van der Waals surface area contributed by atoms with Gasteiger partial charge in [-0.15, -0.1) is 16.5 Å². The molecule has 1 atom stereocenters. The maximum atomic E-state index is 13.1. The van der Waals surface area contributed by atoms with Gasteiger partial charge in [0.25, 0.3) is 11.8 Å². The van der Waals surface area contributed by atoms with E-state index < -0.39 is 11.9 Å². The minimum atomic E-state index is -0.693. The normalized spacial score (nSPS) is 20.0. The molecule has 9 heteroatoms. The fourth-order valence-electron chi connectivity index (χ4n) is 3.14. The minimum absolute atomic E-state index is 0.125. The summed E-state index contributed by atoms with van der Waals surface area (Å²) in [5, 5.41) is 10.2. The number of carbonyl (C=O) groups excluding carboxylic acids is 2. The number of carbonyl (C=O) groups is 2. The highest BCUT2D eigenvalue weighted by Crippen LogP contribution is 2.23. The predicted octanol–water partition coefficient (Wildman–Crippen LogP) is 2.51. The second-order valence-corrected chi connectivity index (χ2v) is 7.54. The number of azo groups is 1. The summed E-state index contributed by atoms with van der Waals surface area (Å²) in [6.07, 6.45) is 2.78. The van der Waals surface area contributed by atoms with Crippen molar-refractivity contribution in [2.75, 3.05) is 26.2 Å². The van der Waals surface area contributed by atoms with E-state index in [1.807, 2.05) is 5.38 Å². The van der Waals surface area contributed by atoms with Crippen LogP contribution in [0.3, 0.4) is 0 Å². The van der Waals surface area contributed by atoms with E-state index >= 15 is 0 Å². The first-order chi connectivity index (χ1) is 13.6. The largest absolute Gasteiger partial charge is 0.338 e. The third-order valence-electron chi connectivity index (χ3n) is 4.69. The summed E-state index contributed by atoms with van der Waals surface area (Å²) in [5.74, 6) is -0.819. The quantitative estimate of drug-likeness (QED) is 0.791. The topological polar surface area (TPSA) is 78.2 Å². The zero-order valence-corrected chi connectivity index (χ0v) is 15.8. The molecule has 144 valence electrons. The van der Waals surface area contributed by atoms with Crippen LogP contribution in [0.5, 0.6) is 0 Å². The second-order valence-electron chi connectivity index (χ2n) is 6.59. The number of amides is 2. The molecule has 1 aromatic carbocycles. The third-order valence-corrected chi connectivity index (χ3v) is 5.52. The fourth-order valence-corrected chi connectivity index (χ4v) is 3.98. The SMILES string of the molecule is O=C1C=CC(C(=O)N2CCN(Cc3nc(-c4ccc(F)cc4)cs3)CC2)N=N1. The van der Waals surface area contributed by atoms with Gasteiger partial charge >= 0.3 is 0 Å². The maximum Gasteiger partial charge on any atom is 0.287 e. The number of hydrogen-bond acceptors (Lipinski definition) is 6. The average Bonchev–Trinajstić information content (AvgIpc) is 3.18. The molecule has 2 aliphatic rings. The summed E-state index contributed by atoms with van der Waals surface area (Å²) in [6.45, 7) is 3.39. The van der Waals surface area contributed by atoms with E-state index in [0.29, 0.717) is 19.6 Å². The van der Waals surface area contributed by atoms with Crippen LogP contribution in [0.4, 0.5) is 4.39 Å². The molecule has 0 saturated carbocycles. The lowest BCUT2D eigenvalue weighted by Crippen LogP contribution is -2.50. The molecule has 28 heavy (non-hydrogen) atoms. The maximum absolute atomic E-state index is 13.1. The summed E-state index contributed by atoms with van der Waals surface area (Å²) in [7, 11) is 0. The number of piperazine rings is 1. The molecule has 0 radical (unpaired) electrons. The molecule has 2 amide bonds. The lowest BCUT2D eigenvalue weighted by molar-refractivity contribution is -0.133. The van der Waals surface area contributed by atoms with Crippen molar-refractivity contribution in [3.05, 3.63) is 52.6 Å². The summed E-state index contributed by atoms with van der Waals surface area (Å²) in [6, 6.07) is 5.62. The van der Waals surface area contributed by atoms with Gasteiger partial charge in [-0.25, -0.2) is 9.37 Å². The van der Waals surface area contributed by atoms with Crippen LogP contribution < -0.4 is 0 Å². The van der Waals surface area contributed by atoms with Gasteiger partial charge in [0.2, 0.25) is 0 Å². The summed E-state index contributed by atoms with van der Waals surface area (Å²) >= 11 is 1.58. The van der Waals surface area contributed by atoms with Crippen molar-refractivity contribution < 1.29 is 14.0 Å². The van der Waals surface area contributed by atoms with Crippen molar-refractivity contribution in [1.29, 1.82) is 0 Å². The number of halogens is 1. The zero-order valence-electron chi connectivity index (χ0n) is 15.0. The van der Waals surface area contributed by atoms with E-state index in [0.717, 1.165) is 29.4 Å². The van der Waals surface area contributed by atoms with Gasteiger partial charge in [0, 0.05) is 43.2 Å². The Balaban J connectivity index is 1.31. The zero-order chi connectivity index (χ0) is 19.5. The second kappa shape index (κ2) is 8.07. The Morgan fingerprint density at radius 2 is 1.93 bits per heavy atom. The monoisotopic (exact) mass is 399 g/mol. The standard InChI is InChI=1S/C19H18FN5O2S/c20-14-3-1-13(2-4-14)16-12-28-18(21-16)11-24-7-9-25(10-8-24)19(27)15-5-6-17(26)23-22-15/h1-6,12,15H,7-11H2. The van der Waals surface area contributed by atoms with Gasteiger partial charge in [0.15, 0.2) is 6.04 Å². The van der Waals surface area contributed by atoms with Gasteiger partial charge in [0.1, 0.15) is 10.8 Å². The Labute approximate surface area is 165 Å². The number of thiazole rings is 1. The summed E-state index contributed by atoms with van der Waals surface area (Å²) in [5.41, 5.74) is 1.74. The van der Waals surface area contributed by atoms with Crippen LogP contribution in [0.25, 0.3) is 11.3 Å². The molecule has 0 bridgehead atoms. The van der Waals surface area contributed by atoms with Crippen molar-refractivity contribution in [2.24, 2.45) is 10.2 Å². The Morgan fingerprint density at radius 1 is 1.18 bits per heavy atom. The van der Waals surface area contributed by atoms with E-state index in [4.69, 9.17) is 0 Å². The first-order valence-corrected chi connectivity index (χ1v) is 9.81. The highest BCUT2D eigenvalue weighted by Gasteiger charge is 2.27. The molecule has 7 nitrogen and oxygen atoms in total. The molecule has 3 heterocycles. The minimum Gasteiger partial charge on any atom is -0.338 e. The average molecular weight is 399 g/mol. The van der Waals surface area contributed by atoms with E-state index in [1.165, 1.54) is 24.3 Å². The Hall–Kier alpha value is -2.78. The molecule has 1 fully saturated rings. The van der Waals surface area contributed by atoms with E-state index in [-0.39, 0.29) is 11.7 Å². The van der Waals surface area contributed by atoms with Crippen LogP contribution in [0.1, 0.15) is 5.01 Å². The van der Waals surface area contributed by atoms with Crippen LogP contribution in [0.15, 0.2) is 52.0 Å². The third kappa shape index (κ3) is 4.20. The molecular formula is C19H18FN5O2S. The molecule has 1 aromatic heterocycles. The van der Waals surface area contributed by atoms with Gasteiger partial charge in [-0.3, -0.25) is 14.5 Å². The molecule has 2 aromatic rings. The summed E-state index contributed by atoms with van der Waals surface area (Å²) in [4.78, 5) is 32.1. The van der Waals surface area contributed by atoms with Gasteiger partial charge < -0.3 is 4.90 Å². The van der Waals surface area contributed by atoms with E-state index in [1.54, 1.807) is 28.4 Å². The number of benzene rings is 1. The molecule has 0 spiro atoms. The highest BCUT2D eigenvalue weighted by molar-refractivity contribution is 7.09. The Bertz CT molecular complexity index is 916. The number of hydrogen-bond donors (Lipinski definition) is 0. The van der Waals surface area contributed by atoms with Crippen molar-refractivity contribution >= 4 is 23.2 Å². The van der Waals surface area contributed by atoms with Crippen molar-refractivity contribution in [3.63, 3.8) is 0 Å². The van der Waals surface area contributed by atoms with E-state index in [2.05, 4.69) is 20.1 Å². The molecule has 2 aliphatic heterocycles. The van der Waals surface area contributed by atoms with Crippen molar-refractivity contribution in [2.45, 2.75) is 12.6 Å². The predicted molar refractivity (Wildman–Crippen MR) is 102 cm³/mol. The number of nitrogens with zero attached hydrogens (tertiary/aromatic N) is 5. The van der Waals surface area contributed by atoms with Crippen LogP contribution in [0.2, 0.25) is 0 Å². The molecule has 0 N–H and O–H groups in total. The Kier molecular flexibility index (Phi) is 5.36. The molecule has 0 aliphatic carbocycles. The van der Waals surface area contributed by atoms with Gasteiger partial charge in [-0.05, 0) is 30.3 Å². The Morgan fingerprint density at radius 3 is 2.61 bits per heavy atom. The van der Waals surface area contributed by atoms with Crippen molar-refractivity contribution in [1.82, 2.24) is 14.8 Å². The van der Waals surface area contributed by atoms with Crippen molar-refractivity contribution in [3.8, 4) is 11.3 Å². The molecule has 1 saturated heterocycles. The molecular weight excluding hydrogens is 381 g/mol. The van der Waals surface area contributed by atoms with Crippen LogP contribution >= 0.6 is 11.3 Å². The summed E-state index contributed by atoms with van der Waals surface area (Å²) < 4.78 is 13.1. The molecule has 1 unspecified atom stereocenters. The van der Waals surface area contributed by atoms with E-state index in [9.17, 15) is 14.0 Å². The smallest absolute Gasteiger partial charge is 0.287 e. The van der Waals surface area contributed by atoms with Gasteiger partial charge in [-0.1, -0.05) is 0 Å². The highest BCUT2D eigenvalue weighted by atomic mass is 32.1. The van der Waals surface area contributed by atoms with Gasteiger partial charge in [-0.2, -0.15) is 5.11 Å². The van der Waals surface area contributed by atoms with Crippen LogP contribution in [0, 0.1) is 5.82 Å². The first-order valence-electron chi connectivity index (χ1n) is 8.93.